The van der Waals surface area contributed by atoms with Crippen LogP contribution in [0.3, 0.4) is 0 Å². The fourth-order valence-electron chi connectivity index (χ4n) is 3.83. The normalized spacial score (nSPS) is 18.0. The number of hydrogen-bond donors (Lipinski definition) is 0. The van der Waals surface area contributed by atoms with Gasteiger partial charge in [-0.15, -0.1) is 0 Å². The van der Waals surface area contributed by atoms with Crippen LogP contribution in [0.15, 0.2) is 41.6 Å². The van der Waals surface area contributed by atoms with Crippen molar-refractivity contribution in [3.63, 3.8) is 0 Å². The van der Waals surface area contributed by atoms with Gasteiger partial charge in [0.05, 0.1) is 22.9 Å². The number of nitrogens with zero attached hydrogens (tertiary/aromatic N) is 6. The number of piperazine rings is 1. The van der Waals surface area contributed by atoms with Crippen molar-refractivity contribution in [2.24, 2.45) is 7.05 Å². The van der Waals surface area contributed by atoms with Crippen LogP contribution in [0.1, 0.15) is 30.3 Å². The summed E-state index contributed by atoms with van der Waals surface area (Å²) in [5.74, 6) is 1.61. The van der Waals surface area contributed by atoms with Crippen molar-refractivity contribution in [2.45, 2.75) is 25.3 Å². The Bertz CT molecular complexity index is 1070. The quantitative estimate of drug-likeness (QED) is 0.693. The van der Waals surface area contributed by atoms with Crippen LogP contribution in [-0.4, -0.2) is 50.6 Å². The molecule has 7 heteroatoms. The van der Waals surface area contributed by atoms with Gasteiger partial charge in [0.2, 0.25) is 0 Å². The third-order valence-electron chi connectivity index (χ3n) is 5.70. The van der Waals surface area contributed by atoms with E-state index in [9.17, 15) is 4.79 Å². The summed E-state index contributed by atoms with van der Waals surface area (Å²) in [6.45, 7) is 4.77. The lowest BCUT2D eigenvalue weighted by Gasteiger charge is -2.36. The summed E-state index contributed by atoms with van der Waals surface area (Å²) in [5, 5.41) is 0.669. The number of rotatable bonds is 4. The lowest BCUT2D eigenvalue weighted by atomic mass is 10.2. The van der Waals surface area contributed by atoms with Crippen LogP contribution in [0, 0.1) is 0 Å². The zero-order valence-electron chi connectivity index (χ0n) is 16.1. The zero-order chi connectivity index (χ0) is 19.1. The van der Waals surface area contributed by atoms with Gasteiger partial charge in [-0.1, -0.05) is 0 Å². The highest BCUT2D eigenvalue weighted by atomic mass is 16.1. The number of fused-ring (bicyclic) bond motifs is 1. The summed E-state index contributed by atoms with van der Waals surface area (Å²) in [4.78, 5) is 30.6. The summed E-state index contributed by atoms with van der Waals surface area (Å²) in [6.07, 6.45) is 5.95. The van der Waals surface area contributed by atoms with Crippen molar-refractivity contribution in [2.75, 3.05) is 31.1 Å². The number of anilines is 1. The molecule has 1 saturated carbocycles. The standard InChI is InChI=1S/C21H24N6O/c1-25-14-23-19-12-17(4-5-18(19)21(25)28)27-10-8-26(9-11-27)13-16-6-7-22-20(24-16)15-2-3-15/h4-7,12,14-15H,2-3,8-11,13H2,1H3. The van der Waals surface area contributed by atoms with Crippen molar-refractivity contribution in [1.82, 2.24) is 24.4 Å². The molecule has 3 aromatic rings. The monoisotopic (exact) mass is 376 g/mol. The molecule has 0 bridgehead atoms. The maximum Gasteiger partial charge on any atom is 0.260 e. The minimum Gasteiger partial charge on any atom is -0.369 e. The second kappa shape index (κ2) is 6.98. The minimum atomic E-state index is -0.00297. The van der Waals surface area contributed by atoms with Gasteiger partial charge < -0.3 is 9.47 Å². The van der Waals surface area contributed by atoms with E-state index in [0.717, 1.165) is 55.4 Å². The molecule has 2 aromatic heterocycles. The van der Waals surface area contributed by atoms with E-state index in [1.807, 2.05) is 30.5 Å². The van der Waals surface area contributed by atoms with Crippen molar-refractivity contribution in [1.29, 1.82) is 0 Å². The summed E-state index contributed by atoms with van der Waals surface area (Å²) >= 11 is 0. The van der Waals surface area contributed by atoms with E-state index in [-0.39, 0.29) is 5.56 Å². The van der Waals surface area contributed by atoms with Crippen molar-refractivity contribution in [3.8, 4) is 0 Å². The number of aryl methyl sites for hydroxylation is 1. The summed E-state index contributed by atoms with van der Waals surface area (Å²) < 4.78 is 1.52. The maximum absolute atomic E-state index is 12.2. The molecule has 1 aliphatic heterocycles. The second-order valence-corrected chi connectivity index (χ2v) is 7.81. The summed E-state index contributed by atoms with van der Waals surface area (Å²) in [5.41, 5.74) is 3.01. The Labute approximate surface area is 163 Å². The molecule has 1 saturated heterocycles. The van der Waals surface area contributed by atoms with Gasteiger partial charge in [-0.05, 0) is 37.1 Å². The van der Waals surface area contributed by atoms with Crippen LogP contribution in [0.2, 0.25) is 0 Å². The fourth-order valence-corrected chi connectivity index (χ4v) is 3.83. The van der Waals surface area contributed by atoms with Gasteiger partial charge in [0, 0.05) is 57.6 Å². The van der Waals surface area contributed by atoms with Crippen molar-refractivity contribution >= 4 is 16.6 Å². The highest BCUT2D eigenvalue weighted by molar-refractivity contribution is 5.81. The summed E-state index contributed by atoms with van der Waals surface area (Å²) in [7, 11) is 1.73. The third-order valence-corrected chi connectivity index (χ3v) is 5.70. The van der Waals surface area contributed by atoms with Crippen LogP contribution in [0.5, 0.6) is 0 Å². The first kappa shape index (κ1) is 17.3. The Balaban J connectivity index is 1.25. The van der Waals surface area contributed by atoms with E-state index >= 15 is 0 Å². The predicted molar refractivity (Wildman–Crippen MR) is 108 cm³/mol. The summed E-state index contributed by atoms with van der Waals surface area (Å²) in [6, 6.07) is 7.99. The molecule has 0 atom stereocenters. The first-order valence-corrected chi connectivity index (χ1v) is 9.92. The average molecular weight is 376 g/mol. The Kier molecular flexibility index (Phi) is 4.31. The van der Waals surface area contributed by atoms with Gasteiger partial charge >= 0.3 is 0 Å². The van der Waals surface area contributed by atoms with Gasteiger partial charge in [0.25, 0.3) is 5.56 Å². The van der Waals surface area contributed by atoms with Crippen LogP contribution in [0.4, 0.5) is 5.69 Å². The maximum atomic E-state index is 12.2. The Hall–Kier alpha value is -2.80. The number of benzene rings is 1. The molecule has 0 radical (unpaired) electrons. The molecule has 0 N–H and O–H groups in total. The molecule has 144 valence electrons. The molecular weight excluding hydrogens is 352 g/mol. The van der Waals surface area contributed by atoms with Gasteiger partial charge in [0.15, 0.2) is 0 Å². The molecule has 1 aromatic carbocycles. The molecule has 3 heterocycles. The van der Waals surface area contributed by atoms with Crippen molar-refractivity contribution in [3.05, 3.63) is 58.7 Å². The Morgan fingerprint density at radius 2 is 1.89 bits per heavy atom. The van der Waals surface area contributed by atoms with Crippen LogP contribution >= 0.6 is 0 Å². The fraction of sp³-hybridized carbons (Fsp3) is 0.429. The number of aromatic nitrogens is 4. The average Bonchev–Trinajstić information content (AvgIpc) is 3.57. The molecule has 2 fully saturated rings. The number of hydrogen-bond acceptors (Lipinski definition) is 6. The highest BCUT2D eigenvalue weighted by Gasteiger charge is 2.27. The molecule has 28 heavy (non-hydrogen) atoms. The van der Waals surface area contributed by atoms with E-state index in [0.29, 0.717) is 11.3 Å². The predicted octanol–water partition coefficient (Wildman–Crippen LogP) is 1.92. The van der Waals surface area contributed by atoms with Crippen molar-refractivity contribution < 1.29 is 0 Å². The highest BCUT2D eigenvalue weighted by Crippen LogP contribution is 2.37. The van der Waals surface area contributed by atoms with Gasteiger partial charge in [0.1, 0.15) is 5.82 Å². The third kappa shape index (κ3) is 3.38. The second-order valence-electron chi connectivity index (χ2n) is 7.81. The topological polar surface area (TPSA) is 67.2 Å². The Morgan fingerprint density at radius 3 is 2.68 bits per heavy atom. The first-order valence-electron chi connectivity index (χ1n) is 9.92. The molecule has 0 spiro atoms. The lowest BCUT2D eigenvalue weighted by molar-refractivity contribution is 0.247. The smallest absolute Gasteiger partial charge is 0.260 e. The van der Waals surface area contributed by atoms with Gasteiger partial charge in [-0.3, -0.25) is 9.69 Å². The minimum absolute atomic E-state index is 0.00297. The van der Waals surface area contributed by atoms with E-state index in [1.54, 1.807) is 13.4 Å². The van der Waals surface area contributed by atoms with Gasteiger partial charge in [-0.2, -0.15) is 0 Å². The molecule has 7 nitrogen and oxygen atoms in total. The van der Waals surface area contributed by atoms with E-state index < -0.39 is 0 Å². The largest absolute Gasteiger partial charge is 0.369 e. The van der Waals surface area contributed by atoms with E-state index in [1.165, 1.54) is 17.4 Å². The molecule has 0 unspecified atom stereocenters. The molecule has 5 rings (SSSR count). The molecule has 1 aliphatic carbocycles. The lowest BCUT2D eigenvalue weighted by Crippen LogP contribution is -2.46. The van der Waals surface area contributed by atoms with Crippen LogP contribution in [0.25, 0.3) is 10.9 Å². The zero-order valence-corrected chi connectivity index (χ0v) is 16.1. The first-order chi connectivity index (χ1) is 13.7. The molecule has 2 aliphatic rings. The van der Waals surface area contributed by atoms with Crippen LogP contribution in [-0.2, 0) is 13.6 Å². The van der Waals surface area contributed by atoms with E-state index in [4.69, 9.17) is 4.98 Å². The Morgan fingerprint density at radius 1 is 1.07 bits per heavy atom. The van der Waals surface area contributed by atoms with Gasteiger partial charge in [-0.25, -0.2) is 15.0 Å². The van der Waals surface area contributed by atoms with E-state index in [2.05, 4.69) is 19.8 Å². The van der Waals surface area contributed by atoms with Crippen LogP contribution < -0.4 is 10.5 Å². The SMILES string of the molecule is Cn1cnc2cc(N3CCN(Cc4ccnc(C5CC5)n4)CC3)ccc2c1=O. The molecule has 0 amide bonds. The molecular formula is C21H24N6O.